The lowest BCUT2D eigenvalue weighted by Gasteiger charge is -2.09. The van der Waals surface area contributed by atoms with Crippen molar-refractivity contribution in [3.8, 4) is 0 Å². The highest BCUT2D eigenvalue weighted by Crippen LogP contribution is 2.25. The Bertz CT molecular complexity index is 344. The predicted molar refractivity (Wildman–Crippen MR) is 65.5 cm³/mol. The number of thiophene rings is 1. The summed E-state index contributed by atoms with van der Waals surface area (Å²) in [6.45, 7) is 3.56. The van der Waals surface area contributed by atoms with Crippen LogP contribution < -0.4 is 5.32 Å². The summed E-state index contributed by atoms with van der Waals surface area (Å²) in [5.74, 6) is 0. The molecule has 5 heteroatoms. The lowest BCUT2D eigenvalue weighted by Crippen LogP contribution is -2.28. The van der Waals surface area contributed by atoms with Crippen LogP contribution in [0.3, 0.4) is 0 Å². The molecule has 1 rings (SSSR count). The zero-order chi connectivity index (χ0) is 12.9. The molecule has 0 saturated carbocycles. The molecule has 1 aromatic rings. The van der Waals surface area contributed by atoms with E-state index in [9.17, 15) is 13.2 Å². The number of halogens is 3. The van der Waals surface area contributed by atoms with Gasteiger partial charge in [-0.25, -0.2) is 0 Å². The molecular formula is C12H18F3NS. The van der Waals surface area contributed by atoms with Gasteiger partial charge in [-0.1, -0.05) is 20.3 Å². The van der Waals surface area contributed by atoms with Crippen molar-refractivity contribution in [2.75, 3.05) is 6.54 Å². The first-order chi connectivity index (χ1) is 7.98. The zero-order valence-electron chi connectivity index (χ0n) is 10.2. The Morgan fingerprint density at radius 1 is 1.29 bits per heavy atom. The van der Waals surface area contributed by atoms with E-state index in [-0.39, 0.29) is 0 Å². The second-order valence-corrected chi connectivity index (χ2v) is 4.95. The van der Waals surface area contributed by atoms with Crippen LogP contribution in [-0.2, 0) is 19.4 Å². The molecule has 0 bridgehead atoms. The van der Waals surface area contributed by atoms with E-state index in [1.54, 1.807) is 11.3 Å². The minimum atomic E-state index is -4.13. The van der Waals surface area contributed by atoms with Gasteiger partial charge in [-0.2, -0.15) is 13.2 Å². The molecule has 1 nitrogen and oxygen atoms in total. The van der Waals surface area contributed by atoms with Gasteiger partial charge < -0.3 is 5.32 Å². The summed E-state index contributed by atoms with van der Waals surface area (Å²) in [5.41, 5.74) is 2.27. The van der Waals surface area contributed by atoms with Gasteiger partial charge in [-0.05, 0) is 29.3 Å². The third-order valence-corrected chi connectivity index (χ3v) is 3.75. The van der Waals surface area contributed by atoms with E-state index in [0.29, 0.717) is 6.54 Å². The maximum atomic E-state index is 12.0. The van der Waals surface area contributed by atoms with Gasteiger partial charge in [0.25, 0.3) is 0 Å². The summed E-state index contributed by atoms with van der Waals surface area (Å²) in [6.07, 6.45) is -1.19. The maximum Gasteiger partial charge on any atom is 0.401 e. The van der Waals surface area contributed by atoms with E-state index in [0.717, 1.165) is 24.8 Å². The summed E-state index contributed by atoms with van der Waals surface area (Å²) in [6, 6.07) is 0. The Morgan fingerprint density at radius 3 is 2.53 bits per heavy atom. The number of aryl methyl sites for hydroxylation is 1. The average molecular weight is 265 g/mol. The normalized spacial score (nSPS) is 12.1. The van der Waals surface area contributed by atoms with E-state index < -0.39 is 12.7 Å². The summed E-state index contributed by atoms with van der Waals surface area (Å²) >= 11 is 1.65. The molecular weight excluding hydrogens is 247 g/mol. The molecule has 0 amide bonds. The molecule has 17 heavy (non-hydrogen) atoms. The van der Waals surface area contributed by atoms with Gasteiger partial charge in [-0.15, -0.1) is 11.3 Å². The molecule has 0 unspecified atom stereocenters. The third kappa shape index (κ3) is 4.68. The fourth-order valence-electron chi connectivity index (χ4n) is 1.80. The van der Waals surface area contributed by atoms with Crippen molar-refractivity contribution in [3.63, 3.8) is 0 Å². The first-order valence-electron chi connectivity index (χ1n) is 5.83. The first kappa shape index (κ1) is 14.5. The van der Waals surface area contributed by atoms with Gasteiger partial charge >= 0.3 is 6.18 Å². The van der Waals surface area contributed by atoms with Crippen LogP contribution in [0.4, 0.5) is 13.2 Å². The number of hydrogen-bond donors (Lipinski definition) is 1. The highest BCUT2D eigenvalue weighted by Gasteiger charge is 2.26. The molecule has 98 valence electrons. The van der Waals surface area contributed by atoms with Gasteiger partial charge in [0.2, 0.25) is 0 Å². The average Bonchev–Trinajstić information content (AvgIpc) is 2.60. The van der Waals surface area contributed by atoms with E-state index in [1.165, 1.54) is 10.4 Å². The first-order valence-corrected chi connectivity index (χ1v) is 6.71. The fraction of sp³-hybridized carbons (Fsp3) is 0.667. The highest BCUT2D eigenvalue weighted by molar-refractivity contribution is 7.10. The highest BCUT2D eigenvalue weighted by atomic mass is 32.1. The molecule has 0 aliphatic carbocycles. The minimum Gasteiger partial charge on any atom is -0.305 e. The molecule has 0 radical (unpaired) electrons. The predicted octanol–water partition coefficient (Wildman–Crippen LogP) is 3.91. The van der Waals surface area contributed by atoms with Crippen LogP contribution in [0.15, 0.2) is 5.38 Å². The number of alkyl halides is 3. The fourth-order valence-corrected chi connectivity index (χ4v) is 2.85. The summed E-state index contributed by atoms with van der Waals surface area (Å²) in [4.78, 5) is 1.30. The van der Waals surface area contributed by atoms with E-state index >= 15 is 0 Å². The largest absolute Gasteiger partial charge is 0.401 e. The van der Waals surface area contributed by atoms with Crippen LogP contribution in [0.25, 0.3) is 0 Å². The molecule has 0 spiro atoms. The third-order valence-electron chi connectivity index (χ3n) is 2.53. The van der Waals surface area contributed by atoms with Gasteiger partial charge in [0.15, 0.2) is 0 Å². The quantitative estimate of drug-likeness (QED) is 0.822. The molecule has 1 heterocycles. The SMILES string of the molecule is CCCc1c(CNCC(F)(F)F)csc1CC. The van der Waals surface area contributed by atoms with E-state index in [2.05, 4.69) is 19.2 Å². The standard InChI is InChI=1S/C12H18F3NS/c1-3-5-10-9(7-17-11(10)4-2)6-16-8-12(13,14)15/h7,16H,3-6,8H2,1-2H3. The minimum absolute atomic E-state index is 0.311. The lowest BCUT2D eigenvalue weighted by molar-refractivity contribution is -0.125. The van der Waals surface area contributed by atoms with Crippen molar-refractivity contribution >= 4 is 11.3 Å². The number of hydrogen-bond acceptors (Lipinski definition) is 2. The van der Waals surface area contributed by atoms with Crippen molar-refractivity contribution in [1.82, 2.24) is 5.32 Å². The molecule has 0 fully saturated rings. The molecule has 0 aromatic carbocycles. The Hall–Kier alpha value is -0.550. The van der Waals surface area contributed by atoms with Crippen molar-refractivity contribution in [3.05, 3.63) is 21.4 Å². The monoisotopic (exact) mass is 265 g/mol. The summed E-state index contributed by atoms with van der Waals surface area (Å²) in [5, 5.41) is 4.44. The van der Waals surface area contributed by atoms with Gasteiger partial charge in [0.05, 0.1) is 6.54 Å². The summed E-state index contributed by atoms with van der Waals surface area (Å²) in [7, 11) is 0. The molecule has 1 aromatic heterocycles. The van der Waals surface area contributed by atoms with E-state index in [4.69, 9.17) is 0 Å². The van der Waals surface area contributed by atoms with Crippen LogP contribution in [0, 0.1) is 0 Å². The molecule has 1 N–H and O–H groups in total. The second kappa shape index (κ2) is 6.40. The van der Waals surface area contributed by atoms with Gasteiger partial charge in [0.1, 0.15) is 0 Å². The zero-order valence-corrected chi connectivity index (χ0v) is 11.0. The van der Waals surface area contributed by atoms with Crippen LogP contribution >= 0.6 is 11.3 Å². The number of nitrogens with one attached hydrogen (secondary N) is 1. The topological polar surface area (TPSA) is 12.0 Å². The van der Waals surface area contributed by atoms with Crippen LogP contribution in [0.5, 0.6) is 0 Å². The van der Waals surface area contributed by atoms with Crippen LogP contribution in [0.1, 0.15) is 36.3 Å². The van der Waals surface area contributed by atoms with Gasteiger partial charge in [0, 0.05) is 11.4 Å². The van der Waals surface area contributed by atoms with Gasteiger partial charge in [-0.3, -0.25) is 0 Å². The number of rotatable bonds is 6. The lowest BCUT2D eigenvalue weighted by atomic mass is 10.0. The smallest absolute Gasteiger partial charge is 0.305 e. The Kier molecular flexibility index (Phi) is 5.46. The molecule has 0 aliphatic rings. The van der Waals surface area contributed by atoms with Crippen LogP contribution in [0.2, 0.25) is 0 Å². The molecule has 0 saturated heterocycles. The Morgan fingerprint density at radius 2 is 2.00 bits per heavy atom. The van der Waals surface area contributed by atoms with Crippen LogP contribution in [-0.4, -0.2) is 12.7 Å². The van der Waals surface area contributed by atoms with Crippen molar-refractivity contribution in [2.24, 2.45) is 0 Å². The Balaban J connectivity index is 2.61. The van der Waals surface area contributed by atoms with E-state index in [1.807, 2.05) is 5.38 Å². The molecule has 0 atom stereocenters. The second-order valence-electron chi connectivity index (χ2n) is 3.98. The maximum absolute atomic E-state index is 12.0. The van der Waals surface area contributed by atoms with Crippen molar-refractivity contribution in [2.45, 2.75) is 45.8 Å². The summed E-state index contributed by atoms with van der Waals surface area (Å²) < 4.78 is 36.1. The van der Waals surface area contributed by atoms with Crippen molar-refractivity contribution in [1.29, 1.82) is 0 Å². The van der Waals surface area contributed by atoms with Crippen molar-refractivity contribution < 1.29 is 13.2 Å². The molecule has 0 aliphatic heterocycles. The Labute approximate surface area is 104 Å².